The van der Waals surface area contributed by atoms with Crippen LogP contribution in [-0.2, 0) is 12.4 Å². The molecular weight excluding hydrogens is 646 g/mol. The zero-order valence-electron chi connectivity index (χ0n) is 27.6. The molecule has 2 aromatic heterocycles. The second-order valence-electron chi connectivity index (χ2n) is 13.2. The van der Waals surface area contributed by atoms with Crippen molar-refractivity contribution < 1.29 is 26.3 Å². The number of rotatable bonds is 3. The molecule has 6 aromatic carbocycles. The first kappa shape index (κ1) is 31.7. The summed E-state index contributed by atoms with van der Waals surface area (Å²) in [4.78, 5) is 0. The highest BCUT2D eigenvalue weighted by Crippen LogP contribution is 2.46. The Kier molecular flexibility index (Phi) is 6.99. The molecule has 0 unspecified atom stereocenters. The number of benzene rings is 6. The molecule has 0 bridgehead atoms. The van der Waals surface area contributed by atoms with Crippen LogP contribution in [-0.4, -0.2) is 9.13 Å². The standard InChI is InChI=1S/C42H30F6N2/c1-23-5-13-37-31(17-23)32-18-24(2)6-14-38(32)49(37)27-9-11-29(35(21-27)41(43,44)45)30-12-10-28(22-36(30)42(46,47)48)50-39-15-7-25(3)19-33(39)34-20-26(4)8-16-40(34)50/h5-22H,1-4H3. The van der Waals surface area contributed by atoms with E-state index in [1.165, 1.54) is 12.1 Å². The average Bonchev–Trinajstić information content (AvgIpc) is 3.54. The summed E-state index contributed by atoms with van der Waals surface area (Å²) in [5, 5.41) is 3.52. The van der Waals surface area contributed by atoms with Gasteiger partial charge in [-0.3, -0.25) is 0 Å². The maximum Gasteiger partial charge on any atom is 0.417 e. The SMILES string of the molecule is Cc1ccc2c(c1)c1cc(C)ccc1n2-c1ccc(-c2ccc(-n3c4ccc(C)cc4c4cc(C)ccc43)cc2C(F)(F)F)c(C(F)(F)F)c1. The quantitative estimate of drug-likeness (QED) is 0.165. The monoisotopic (exact) mass is 676 g/mol. The molecule has 0 atom stereocenters. The van der Waals surface area contributed by atoms with Crippen LogP contribution < -0.4 is 0 Å². The van der Waals surface area contributed by atoms with Gasteiger partial charge in [0.05, 0.1) is 33.2 Å². The number of halogens is 6. The maximum atomic E-state index is 14.9. The van der Waals surface area contributed by atoms with Crippen molar-refractivity contribution in [1.82, 2.24) is 9.13 Å². The zero-order valence-corrected chi connectivity index (χ0v) is 27.6. The Hall–Kier alpha value is -5.50. The molecule has 0 radical (unpaired) electrons. The van der Waals surface area contributed by atoms with Crippen molar-refractivity contribution >= 4 is 43.6 Å². The third-order valence-electron chi connectivity index (χ3n) is 9.58. The first-order chi connectivity index (χ1) is 23.7. The van der Waals surface area contributed by atoms with Crippen molar-refractivity contribution in [3.63, 3.8) is 0 Å². The fourth-order valence-electron chi connectivity index (χ4n) is 7.34. The van der Waals surface area contributed by atoms with Gasteiger partial charge in [0.1, 0.15) is 0 Å². The number of aromatic nitrogens is 2. The largest absolute Gasteiger partial charge is 0.417 e. The Morgan fingerprint density at radius 2 is 0.640 bits per heavy atom. The van der Waals surface area contributed by atoms with Gasteiger partial charge >= 0.3 is 12.4 Å². The highest BCUT2D eigenvalue weighted by molar-refractivity contribution is 6.10. The van der Waals surface area contributed by atoms with Crippen LogP contribution in [0.1, 0.15) is 33.4 Å². The van der Waals surface area contributed by atoms with Gasteiger partial charge < -0.3 is 9.13 Å². The van der Waals surface area contributed by atoms with E-state index in [1.54, 1.807) is 9.13 Å². The smallest absolute Gasteiger partial charge is 0.309 e. The first-order valence-electron chi connectivity index (χ1n) is 16.2. The van der Waals surface area contributed by atoms with E-state index in [4.69, 9.17) is 0 Å². The van der Waals surface area contributed by atoms with Crippen molar-refractivity contribution in [1.29, 1.82) is 0 Å². The van der Waals surface area contributed by atoms with Gasteiger partial charge in [-0.1, -0.05) is 58.7 Å². The summed E-state index contributed by atoms with van der Waals surface area (Å²) < 4.78 is 93.1. The molecule has 8 rings (SSSR count). The van der Waals surface area contributed by atoms with Crippen LogP contribution in [0.5, 0.6) is 0 Å². The van der Waals surface area contributed by atoms with Crippen LogP contribution in [0.15, 0.2) is 109 Å². The maximum absolute atomic E-state index is 14.9. The Balaban J connectivity index is 1.36. The molecule has 8 aromatic rings. The Morgan fingerprint density at radius 1 is 0.360 bits per heavy atom. The summed E-state index contributed by atoms with van der Waals surface area (Å²) >= 11 is 0. The van der Waals surface area contributed by atoms with Gasteiger partial charge in [-0.2, -0.15) is 26.3 Å². The highest BCUT2D eigenvalue weighted by atomic mass is 19.4. The molecule has 0 N–H and O–H groups in total. The minimum atomic E-state index is -4.94. The number of fused-ring (bicyclic) bond motifs is 6. The molecule has 0 amide bonds. The second-order valence-corrected chi connectivity index (χ2v) is 13.2. The summed E-state index contributed by atoms with van der Waals surface area (Å²) in [5.74, 6) is 0. The topological polar surface area (TPSA) is 9.86 Å². The molecule has 0 aliphatic carbocycles. The number of hydrogen-bond acceptors (Lipinski definition) is 0. The van der Waals surface area contributed by atoms with E-state index in [0.29, 0.717) is 22.1 Å². The molecule has 0 aliphatic rings. The van der Waals surface area contributed by atoms with Gasteiger partial charge in [0, 0.05) is 32.9 Å². The number of hydrogen-bond donors (Lipinski definition) is 0. The second kappa shape index (κ2) is 11.0. The fraction of sp³-hybridized carbons (Fsp3) is 0.143. The minimum Gasteiger partial charge on any atom is -0.309 e. The summed E-state index contributed by atoms with van der Waals surface area (Å²) in [6.45, 7) is 7.78. The van der Waals surface area contributed by atoms with Crippen LogP contribution >= 0.6 is 0 Å². The lowest BCUT2D eigenvalue weighted by Gasteiger charge is -2.20. The first-order valence-corrected chi connectivity index (χ1v) is 16.2. The third-order valence-corrected chi connectivity index (χ3v) is 9.58. The molecule has 0 saturated carbocycles. The molecule has 250 valence electrons. The van der Waals surface area contributed by atoms with Crippen molar-refractivity contribution in [2.45, 2.75) is 40.0 Å². The Labute approximate surface area is 283 Å². The van der Waals surface area contributed by atoms with Crippen LogP contribution in [0.4, 0.5) is 26.3 Å². The molecule has 0 spiro atoms. The van der Waals surface area contributed by atoms with E-state index in [9.17, 15) is 26.3 Å². The molecule has 0 saturated heterocycles. The zero-order chi connectivity index (χ0) is 35.3. The van der Waals surface area contributed by atoms with Crippen LogP contribution in [0, 0.1) is 27.7 Å². The van der Waals surface area contributed by atoms with Crippen molar-refractivity contribution in [3.05, 3.63) is 143 Å². The molecule has 2 heterocycles. The van der Waals surface area contributed by atoms with E-state index in [0.717, 1.165) is 68.1 Å². The van der Waals surface area contributed by atoms with Gasteiger partial charge in [-0.05, 0) is 112 Å². The van der Waals surface area contributed by atoms with E-state index < -0.39 is 34.6 Å². The Morgan fingerprint density at radius 3 is 0.900 bits per heavy atom. The van der Waals surface area contributed by atoms with Gasteiger partial charge in [0.2, 0.25) is 0 Å². The summed E-state index contributed by atoms with van der Waals surface area (Å²) in [5.41, 5.74) is 3.84. The molecule has 2 nitrogen and oxygen atoms in total. The Bertz CT molecular complexity index is 2370. The van der Waals surface area contributed by atoms with E-state index in [2.05, 4.69) is 0 Å². The highest BCUT2D eigenvalue weighted by Gasteiger charge is 2.39. The summed E-state index contributed by atoms with van der Waals surface area (Å²) in [7, 11) is 0. The van der Waals surface area contributed by atoms with Crippen LogP contribution in [0.2, 0.25) is 0 Å². The molecule has 0 aliphatic heterocycles. The lowest BCUT2D eigenvalue weighted by atomic mass is 9.93. The lowest BCUT2D eigenvalue weighted by Crippen LogP contribution is -2.13. The fourth-order valence-corrected chi connectivity index (χ4v) is 7.34. The van der Waals surface area contributed by atoms with E-state index in [1.807, 2.05) is 100 Å². The molecular formula is C42H30F6N2. The molecule has 8 heteroatoms. The summed E-state index contributed by atoms with van der Waals surface area (Å²) in [6.07, 6.45) is -9.89. The van der Waals surface area contributed by atoms with Crippen molar-refractivity contribution in [2.24, 2.45) is 0 Å². The van der Waals surface area contributed by atoms with E-state index >= 15 is 0 Å². The predicted octanol–water partition coefficient (Wildman–Crippen LogP) is 12.8. The number of nitrogens with zero attached hydrogens (tertiary/aromatic N) is 2. The van der Waals surface area contributed by atoms with Crippen LogP contribution in [0.25, 0.3) is 66.1 Å². The van der Waals surface area contributed by atoms with Crippen molar-refractivity contribution in [3.8, 4) is 22.5 Å². The van der Waals surface area contributed by atoms with Gasteiger partial charge in [-0.25, -0.2) is 0 Å². The van der Waals surface area contributed by atoms with Crippen molar-refractivity contribution in [2.75, 3.05) is 0 Å². The average molecular weight is 677 g/mol. The minimum absolute atomic E-state index is 0.204. The molecule has 0 fully saturated rings. The third kappa shape index (κ3) is 5.04. The normalized spacial score (nSPS) is 12.6. The summed E-state index contributed by atoms with van der Waals surface area (Å²) in [6, 6.07) is 30.1. The van der Waals surface area contributed by atoms with Gasteiger partial charge in [0.15, 0.2) is 0 Å². The number of alkyl halides is 6. The number of aryl methyl sites for hydroxylation is 4. The van der Waals surface area contributed by atoms with Gasteiger partial charge in [0.25, 0.3) is 0 Å². The predicted molar refractivity (Wildman–Crippen MR) is 190 cm³/mol. The lowest BCUT2D eigenvalue weighted by molar-refractivity contribution is -0.139. The van der Waals surface area contributed by atoms with E-state index in [-0.39, 0.29) is 11.4 Å². The van der Waals surface area contributed by atoms with Crippen LogP contribution in [0.3, 0.4) is 0 Å². The van der Waals surface area contributed by atoms with Gasteiger partial charge in [-0.15, -0.1) is 0 Å². The molecule has 50 heavy (non-hydrogen) atoms.